The van der Waals surface area contributed by atoms with E-state index in [4.69, 9.17) is 9.47 Å². The second kappa shape index (κ2) is 9.11. The molecule has 3 rings (SSSR count). The molecule has 0 aliphatic carbocycles. The number of amidine groups is 1. The first-order valence-corrected chi connectivity index (χ1v) is 10.8. The molecule has 2 amide bonds. The molecule has 0 bridgehead atoms. The number of methoxy groups -OCH3 is 2. The first kappa shape index (κ1) is 20.9. The van der Waals surface area contributed by atoms with Gasteiger partial charge in [0.05, 0.1) is 29.7 Å². The summed E-state index contributed by atoms with van der Waals surface area (Å²) in [6.07, 6.45) is 0. The van der Waals surface area contributed by atoms with Gasteiger partial charge in [-0.05, 0) is 68.3 Å². The first-order valence-electron chi connectivity index (χ1n) is 8.19. The number of amides is 2. The van der Waals surface area contributed by atoms with E-state index in [1.54, 1.807) is 50.6 Å². The van der Waals surface area contributed by atoms with Crippen molar-refractivity contribution >= 4 is 60.6 Å². The summed E-state index contributed by atoms with van der Waals surface area (Å²) >= 11 is 8.14. The minimum Gasteiger partial charge on any atom is -0.496 e. The van der Waals surface area contributed by atoms with Crippen molar-refractivity contribution in [3.05, 3.63) is 56.5 Å². The normalized spacial score (nSPS) is 13.1. The van der Waals surface area contributed by atoms with Crippen LogP contribution in [0.1, 0.15) is 20.7 Å². The van der Waals surface area contributed by atoms with Crippen LogP contribution in [0.25, 0.3) is 0 Å². The lowest BCUT2D eigenvalue weighted by Gasteiger charge is -2.21. The van der Waals surface area contributed by atoms with Crippen LogP contribution < -0.4 is 9.47 Å². The molecule has 1 aliphatic rings. The van der Waals surface area contributed by atoms with Gasteiger partial charge in [0, 0.05) is 16.9 Å². The number of hydrogen-bond donors (Lipinski definition) is 0. The second-order valence-corrected chi connectivity index (χ2v) is 8.43. The van der Waals surface area contributed by atoms with E-state index < -0.39 is 11.8 Å². The molecule has 6 nitrogen and oxygen atoms in total. The molecular weight excluding hydrogens is 512 g/mol. The number of carbonyl (C=O) groups is 2. The molecule has 9 heteroatoms. The van der Waals surface area contributed by atoms with Gasteiger partial charge in [0.2, 0.25) is 0 Å². The molecule has 0 atom stereocenters. The topological polar surface area (TPSA) is 68.2 Å². The third-order valence-corrected chi connectivity index (χ3v) is 6.16. The van der Waals surface area contributed by atoms with Gasteiger partial charge in [0.25, 0.3) is 11.8 Å². The van der Waals surface area contributed by atoms with Gasteiger partial charge in [-0.15, -0.1) is 0 Å². The lowest BCUT2D eigenvalue weighted by atomic mass is 10.1. The van der Waals surface area contributed by atoms with Crippen molar-refractivity contribution in [1.82, 2.24) is 4.90 Å². The van der Waals surface area contributed by atoms with E-state index >= 15 is 0 Å². The zero-order chi connectivity index (χ0) is 20.3. The van der Waals surface area contributed by atoms with Gasteiger partial charge in [0.1, 0.15) is 11.5 Å². The van der Waals surface area contributed by atoms with Crippen molar-refractivity contribution in [2.45, 2.75) is 0 Å². The van der Waals surface area contributed by atoms with E-state index in [0.29, 0.717) is 43.3 Å². The number of thioether (sulfide) groups is 1. The smallest absolute Gasteiger partial charge is 0.267 e. The molecule has 0 unspecified atom stereocenters. The van der Waals surface area contributed by atoms with Crippen LogP contribution in [0.2, 0.25) is 0 Å². The SMILES string of the molecule is COc1ccc(C(=O)N(C(=O)c2ccc(OC)c(Br)c2)C2=NCCS2)cc1Br. The molecule has 0 radical (unpaired) electrons. The van der Waals surface area contributed by atoms with Gasteiger partial charge in [-0.25, -0.2) is 4.90 Å². The van der Waals surface area contributed by atoms with Gasteiger partial charge < -0.3 is 9.47 Å². The third kappa shape index (κ3) is 4.26. The molecule has 0 saturated heterocycles. The Labute approximate surface area is 183 Å². The fraction of sp³-hybridized carbons (Fsp3) is 0.211. The fourth-order valence-electron chi connectivity index (χ4n) is 2.58. The van der Waals surface area contributed by atoms with Gasteiger partial charge >= 0.3 is 0 Å². The number of imide groups is 1. The van der Waals surface area contributed by atoms with Crippen LogP contribution in [0, 0.1) is 0 Å². The van der Waals surface area contributed by atoms with Crippen LogP contribution in [0.5, 0.6) is 11.5 Å². The summed E-state index contributed by atoms with van der Waals surface area (Å²) in [5.41, 5.74) is 0.701. The zero-order valence-corrected chi connectivity index (χ0v) is 19.1. The Balaban J connectivity index is 1.99. The maximum atomic E-state index is 13.2. The molecule has 1 heterocycles. The minimum absolute atomic E-state index is 0.351. The van der Waals surface area contributed by atoms with Crippen LogP contribution in [0.3, 0.4) is 0 Å². The number of nitrogens with zero attached hydrogens (tertiary/aromatic N) is 2. The van der Waals surface area contributed by atoms with Crippen molar-refractivity contribution in [2.75, 3.05) is 26.5 Å². The number of halogens is 2. The minimum atomic E-state index is -0.451. The number of rotatable bonds is 4. The zero-order valence-electron chi connectivity index (χ0n) is 15.1. The average Bonchev–Trinajstić information content (AvgIpc) is 3.22. The van der Waals surface area contributed by atoms with Crippen LogP contribution in [0.15, 0.2) is 50.3 Å². The monoisotopic (exact) mass is 526 g/mol. The maximum Gasteiger partial charge on any atom is 0.267 e. The molecule has 1 aliphatic heterocycles. The van der Waals surface area contributed by atoms with Crippen LogP contribution in [-0.2, 0) is 0 Å². The number of carbonyl (C=O) groups excluding carboxylic acids is 2. The largest absolute Gasteiger partial charge is 0.496 e. The third-order valence-electron chi connectivity index (χ3n) is 3.96. The highest BCUT2D eigenvalue weighted by atomic mass is 79.9. The Bertz CT molecular complexity index is 899. The average molecular weight is 528 g/mol. The van der Waals surface area contributed by atoms with Crippen molar-refractivity contribution < 1.29 is 19.1 Å². The van der Waals surface area contributed by atoms with Gasteiger partial charge in [-0.2, -0.15) is 0 Å². The maximum absolute atomic E-state index is 13.2. The van der Waals surface area contributed by atoms with E-state index in [-0.39, 0.29) is 0 Å². The Morgan fingerprint density at radius 3 is 1.82 bits per heavy atom. The van der Waals surface area contributed by atoms with Crippen LogP contribution in [0.4, 0.5) is 0 Å². The lowest BCUT2D eigenvalue weighted by molar-refractivity contribution is 0.0717. The fourth-order valence-corrected chi connectivity index (χ4v) is 4.51. The van der Waals surface area contributed by atoms with E-state index in [1.807, 2.05) is 0 Å². The van der Waals surface area contributed by atoms with Gasteiger partial charge in [-0.1, -0.05) is 11.8 Å². The predicted octanol–water partition coefficient (Wildman–Crippen LogP) is 4.61. The number of benzene rings is 2. The lowest BCUT2D eigenvalue weighted by Crippen LogP contribution is -2.40. The standard InChI is InChI=1S/C19H16Br2N2O4S/c1-26-15-5-3-11(9-13(15)20)17(24)23(19-22-7-8-28-19)18(25)12-4-6-16(27-2)14(21)10-12/h3-6,9-10H,7-8H2,1-2H3. The summed E-state index contributed by atoms with van der Waals surface area (Å²) in [7, 11) is 3.09. The second-order valence-electron chi connectivity index (χ2n) is 5.66. The van der Waals surface area contributed by atoms with Crippen molar-refractivity contribution in [3.8, 4) is 11.5 Å². The van der Waals surface area contributed by atoms with E-state index in [1.165, 1.54) is 11.8 Å². The van der Waals surface area contributed by atoms with E-state index in [2.05, 4.69) is 36.9 Å². The number of aliphatic imine (C=N–C) groups is 1. The van der Waals surface area contributed by atoms with Crippen LogP contribution >= 0.6 is 43.6 Å². The van der Waals surface area contributed by atoms with E-state index in [9.17, 15) is 9.59 Å². The van der Waals surface area contributed by atoms with E-state index in [0.717, 1.165) is 10.7 Å². The molecule has 28 heavy (non-hydrogen) atoms. The molecule has 0 spiro atoms. The first-order chi connectivity index (χ1) is 13.5. The highest BCUT2D eigenvalue weighted by Gasteiger charge is 2.31. The highest BCUT2D eigenvalue weighted by Crippen LogP contribution is 2.29. The number of hydrogen-bond acceptors (Lipinski definition) is 6. The molecule has 2 aromatic carbocycles. The predicted molar refractivity (Wildman–Crippen MR) is 117 cm³/mol. The summed E-state index contributed by atoms with van der Waals surface area (Å²) in [5.74, 6) is 1.02. The van der Waals surface area contributed by atoms with Crippen molar-refractivity contribution in [2.24, 2.45) is 4.99 Å². The quantitative estimate of drug-likeness (QED) is 0.543. The van der Waals surface area contributed by atoms with Gasteiger partial charge in [-0.3, -0.25) is 14.6 Å². The summed E-state index contributed by atoms with van der Waals surface area (Å²) < 4.78 is 11.7. The Hall–Kier alpha value is -1.84. The highest BCUT2D eigenvalue weighted by molar-refractivity contribution is 9.10. The molecule has 0 fully saturated rings. The Morgan fingerprint density at radius 1 is 0.964 bits per heavy atom. The number of ether oxygens (including phenoxy) is 2. The van der Waals surface area contributed by atoms with Crippen LogP contribution in [-0.4, -0.2) is 48.4 Å². The summed E-state index contributed by atoms with van der Waals surface area (Å²) in [5, 5.41) is 0.397. The molecular formula is C19H16Br2N2O4S. The van der Waals surface area contributed by atoms with Crippen molar-refractivity contribution in [1.29, 1.82) is 0 Å². The van der Waals surface area contributed by atoms with Gasteiger partial charge in [0.15, 0.2) is 5.17 Å². The summed E-state index contributed by atoms with van der Waals surface area (Å²) in [6, 6.07) is 9.85. The molecule has 0 N–H and O–H groups in total. The van der Waals surface area contributed by atoms with Crippen molar-refractivity contribution in [3.63, 3.8) is 0 Å². The molecule has 0 aromatic heterocycles. The molecule has 2 aromatic rings. The Morgan fingerprint density at radius 2 is 1.46 bits per heavy atom. The molecule has 0 saturated carbocycles. The summed E-state index contributed by atoms with van der Waals surface area (Å²) in [6.45, 7) is 0.565. The molecule has 146 valence electrons. The summed E-state index contributed by atoms with van der Waals surface area (Å²) in [4.78, 5) is 31.9. The Kier molecular flexibility index (Phi) is 6.79.